The second-order valence-electron chi connectivity index (χ2n) is 6.65. The lowest BCUT2D eigenvalue weighted by molar-refractivity contribution is -0.129. The van der Waals surface area contributed by atoms with E-state index in [0.29, 0.717) is 18.7 Å². The molecule has 0 saturated heterocycles. The first-order valence-electron chi connectivity index (χ1n) is 8.99. The van der Waals surface area contributed by atoms with E-state index in [0.717, 1.165) is 10.4 Å². The average Bonchev–Trinajstić information content (AvgIpc) is 3.42. The van der Waals surface area contributed by atoms with Crippen LogP contribution in [0.3, 0.4) is 0 Å². The molecule has 1 aliphatic rings. The van der Waals surface area contributed by atoms with E-state index in [-0.39, 0.29) is 11.3 Å². The van der Waals surface area contributed by atoms with Gasteiger partial charge in [0, 0.05) is 11.4 Å². The number of ketones is 1. The van der Waals surface area contributed by atoms with Crippen molar-refractivity contribution >= 4 is 23.0 Å². The van der Waals surface area contributed by atoms with Gasteiger partial charge in [-0.1, -0.05) is 36.4 Å². The lowest BCUT2D eigenvalue weighted by Crippen LogP contribution is -2.32. The first-order valence-corrected chi connectivity index (χ1v) is 9.87. The molecule has 0 fully saturated rings. The summed E-state index contributed by atoms with van der Waals surface area (Å²) in [6, 6.07) is 16.2. The number of thiophene rings is 1. The molecule has 1 atom stereocenters. The summed E-state index contributed by atoms with van der Waals surface area (Å²) in [6.45, 7) is 2.14. The van der Waals surface area contributed by atoms with Gasteiger partial charge in [0.2, 0.25) is 5.78 Å². The zero-order valence-electron chi connectivity index (χ0n) is 15.3. The molecule has 0 aliphatic carbocycles. The van der Waals surface area contributed by atoms with E-state index < -0.39 is 23.5 Å². The van der Waals surface area contributed by atoms with Crippen LogP contribution in [0.5, 0.6) is 0 Å². The molecule has 1 aliphatic heterocycles. The first-order chi connectivity index (χ1) is 13.6. The van der Waals surface area contributed by atoms with Crippen LogP contribution in [-0.2, 0) is 11.2 Å². The van der Waals surface area contributed by atoms with E-state index in [4.69, 9.17) is 4.42 Å². The molecule has 28 heavy (non-hydrogen) atoms. The molecule has 1 N–H and O–H groups in total. The number of carbonyl (C=O) groups excluding carboxylic acids is 2. The molecule has 0 spiro atoms. The minimum absolute atomic E-state index is 0.0786. The summed E-state index contributed by atoms with van der Waals surface area (Å²) < 4.78 is 5.45. The van der Waals surface area contributed by atoms with Crippen molar-refractivity contribution in [1.29, 1.82) is 0 Å². The number of hydrogen-bond acceptors (Lipinski definition) is 5. The summed E-state index contributed by atoms with van der Waals surface area (Å²) in [4.78, 5) is 28.3. The Morgan fingerprint density at radius 1 is 1.14 bits per heavy atom. The van der Waals surface area contributed by atoms with Gasteiger partial charge in [0.1, 0.15) is 5.76 Å². The van der Waals surface area contributed by atoms with Crippen LogP contribution in [0.4, 0.5) is 0 Å². The summed E-state index contributed by atoms with van der Waals surface area (Å²) in [5, 5.41) is 12.5. The molecule has 2 aromatic heterocycles. The van der Waals surface area contributed by atoms with Gasteiger partial charge in [-0.25, -0.2) is 0 Å². The van der Waals surface area contributed by atoms with Crippen molar-refractivity contribution in [2.45, 2.75) is 19.4 Å². The topological polar surface area (TPSA) is 70.8 Å². The van der Waals surface area contributed by atoms with Crippen LogP contribution >= 0.6 is 11.3 Å². The third-order valence-corrected chi connectivity index (χ3v) is 5.73. The second kappa shape index (κ2) is 7.48. The monoisotopic (exact) mass is 393 g/mol. The molecule has 0 saturated carbocycles. The van der Waals surface area contributed by atoms with Crippen LogP contribution in [0.25, 0.3) is 0 Å². The van der Waals surface area contributed by atoms with E-state index in [2.05, 4.69) is 0 Å². The minimum atomic E-state index is -0.617. The molecule has 5 nitrogen and oxygen atoms in total. The molecule has 6 heteroatoms. The predicted molar refractivity (Wildman–Crippen MR) is 106 cm³/mol. The van der Waals surface area contributed by atoms with Crippen molar-refractivity contribution in [2.24, 2.45) is 0 Å². The van der Waals surface area contributed by atoms with Gasteiger partial charge in [0.05, 0.1) is 11.6 Å². The number of furan rings is 1. The molecular weight excluding hydrogens is 374 g/mol. The van der Waals surface area contributed by atoms with Gasteiger partial charge in [0.15, 0.2) is 11.5 Å². The third kappa shape index (κ3) is 3.27. The number of aryl methyl sites for hydroxylation is 1. The van der Waals surface area contributed by atoms with E-state index in [1.807, 2.05) is 47.8 Å². The van der Waals surface area contributed by atoms with Gasteiger partial charge in [-0.3, -0.25) is 9.59 Å². The highest BCUT2D eigenvalue weighted by Gasteiger charge is 2.44. The quantitative estimate of drug-likeness (QED) is 0.627. The highest BCUT2D eigenvalue weighted by Crippen LogP contribution is 2.40. The fourth-order valence-corrected chi connectivity index (χ4v) is 4.29. The van der Waals surface area contributed by atoms with Crippen molar-refractivity contribution in [3.05, 3.63) is 93.3 Å². The van der Waals surface area contributed by atoms with Gasteiger partial charge in [-0.2, -0.15) is 0 Å². The standard InChI is InChI=1S/C22H19NO4S/c1-14-9-10-16(27-14)20(24)18-19(17-8-5-13-28-17)23(22(26)21(18)25)12-11-15-6-3-2-4-7-15/h2-10,13,19,25H,11-12H2,1H3/t19-/m1/s1. The maximum Gasteiger partial charge on any atom is 0.290 e. The number of rotatable bonds is 6. The molecule has 0 unspecified atom stereocenters. The average molecular weight is 393 g/mol. The summed E-state index contributed by atoms with van der Waals surface area (Å²) in [5.41, 5.74) is 1.16. The molecule has 0 radical (unpaired) electrons. The van der Waals surface area contributed by atoms with Crippen molar-refractivity contribution < 1.29 is 19.1 Å². The Bertz CT molecular complexity index is 1030. The Balaban J connectivity index is 1.68. The molecule has 142 valence electrons. The normalized spacial score (nSPS) is 16.8. The van der Waals surface area contributed by atoms with E-state index in [9.17, 15) is 14.7 Å². The number of nitrogens with zero attached hydrogens (tertiary/aromatic N) is 1. The lowest BCUT2D eigenvalue weighted by Gasteiger charge is -2.25. The number of hydrogen-bond donors (Lipinski definition) is 1. The Morgan fingerprint density at radius 2 is 1.93 bits per heavy atom. The minimum Gasteiger partial charge on any atom is -0.503 e. The highest BCUT2D eigenvalue weighted by molar-refractivity contribution is 7.10. The van der Waals surface area contributed by atoms with Crippen LogP contribution < -0.4 is 0 Å². The zero-order chi connectivity index (χ0) is 19.7. The second-order valence-corrected chi connectivity index (χ2v) is 7.63. The molecular formula is C22H19NO4S. The van der Waals surface area contributed by atoms with Crippen LogP contribution in [0.1, 0.15) is 32.8 Å². The van der Waals surface area contributed by atoms with Crippen LogP contribution in [-0.4, -0.2) is 28.2 Å². The fourth-order valence-electron chi connectivity index (χ4n) is 3.44. The maximum atomic E-state index is 13.1. The Kier molecular flexibility index (Phi) is 4.88. The number of aliphatic hydroxyl groups is 1. The fraction of sp³-hybridized carbons (Fsp3) is 0.182. The molecule has 3 heterocycles. The van der Waals surface area contributed by atoms with E-state index in [1.54, 1.807) is 24.0 Å². The zero-order valence-corrected chi connectivity index (χ0v) is 16.1. The number of carbonyl (C=O) groups is 2. The van der Waals surface area contributed by atoms with Crippen molar-refractivity contribution in [2.75, 3.05) is 6.54 Å². The summed E-state index contributed by atoms with van der Waals surface area (Å²) >= 11 is 1.45. The first kappa shape index (κ1) is 18.3. The predicted octanol–water partition coefficient (Wildman–Crippen LogP) is 4.47. The third-order valence-electron chi connectivity index (χ3n) is 4.81. The number of amides is 1. The number of Topliss-reactive ketones (excluding diaryl/α,β-unsaturated/α-hetero) is 1. The Labute approximate surface area is 166 Å². The number of benzene rings is 1. The molecule has 4 rings (SSSR count). The Hall–Kier alpha value is -3.12. The molecule has 1 aromatic carbocycles. The molecule has 3 aromatic rings. The smallest absolute Gasteiger partial charge is 0.290 e. The summed E-state index contributed by atoms with van der Waals surface area (Å²) in [7, 11) is 0. The largest absolute Gasteiger partial charge is 0.503 e. The van der Waals surface area contributed by atoms with Gasteiger partial charge >= 0.3 is 0 Å². The van der Waals surface area contributed by atoms with Gasteiger partial charge in [0.25, 0.3) is 5.91 Å². The van der Waals surface area contributed by atoms with Crippen LogP contribution in [0, 0.1) is 6.92 Å². The molecule has 0 bridgehead atoms. The van der Waals surface area contributed by atoms with Gasteiger partial charge in [-0.15, -0.1) is 11.3 Å². The van der Waals surface area contributed by atoms with Crippen LogP contribution in [0.2, 0.25) is 0 Å². The number of aliphatic hydroxyl groups excluding tert-OH is 1. The Morgan fingerprint density at radius 3 is 2.57 bits per heavy atom. The van der Waals surface area contributed by atoms with Gasteiger partial charge < -0.3 is 14.4 Å². The molecule has 1 amide bonds. The maximum absolute atomic E-state index is 13.1. The SMILES string of the molecule is Cc1ccc(C(=O)C2=C(O)C(=O)N(CCc3ccccc3)[C@@H]2c2cccs2)o1. The van der Waals surface area contributed by atoms with Crippen molar-refractivity contribution in [3.63, 3.8) is 0 Å². The highest BCUT2D eigenvalue weighted by atomic mass is 32.1. The van der Waals surface area contributed by atoms with Crippen molar-refractivity contribution in [1.82, 2.24) is 4.90 Å². The summed E-state index contributed by atoms with van der Waals surface area (Å²) in [6.07, 6.45) is 0.628. The lowest BCUT2D eigenvalue weighted by atomic mass is 10.00. The van der Waals surface area contributed by atoms with Crippen molar-refractivity contribution in [3.8, 4) is 0 Å². The van der Waals surface area contributed by atoms with E-state index >= 15 is 0 Å². The van der Waals surface area contributed by atoms with E-state index in [1.165, 1.54) is 11.3 Å². The summed E-state index contributed by atoms with van der Waals surface area (Å²) in [5.74, 6) is -0.759. The van der Waals surface area contributed by atoms with Gasteiger partial charge in [-0.05, 0) is 42.5 Å². The van der Waals surface area contributed by atoms with Crippen LogP contribution in [0.15, 0.2) is 75.7 Å².